The molecular formula is C35H48N6O2. The van der Waals surface area contributed by atoms with Crippen LogP contribution in [0.2, 0.25) is 0 Å². The molecule has 0 amide bonds. The Bertz CT molecular complexity index is 1430. The maximum Gasteiger partial charge on any atom is 0.328 e. The second kappa shape index (κ2) is 14.1. The van der Waals surface area contributed by atoms with Crippen molar-refractivity contribution in [1.82, 2.24) is 4.98 Å². The molecule has 2 bridgehead atoms. The molecular weight excluding hydrogens is 536 g/mol. The predicted octanol–water partition coefficient (Wildman–Crippen LogP) is 6.22. The monoisotopic (exact) mass is 584 g/mol. The van der Waals surface area contributed by atoms with Crippen LogP contribution in [0.5, 0.6) is 0 Å². The lowest BCUT2D eigenvalue weighted by Crippen LogP contribution is -2.44. The van der Waals surface area contributed by atoms with Gasteiger partial charge in [0.25, 0.3) is 0 Å². The maximum atomic E-state index is 12.1. The van der Waals surface area contributed by atoms with Crippen LogP contribution in [0.25, 0.3) is 10.8 Å². The number of hydrogen-bond donors (Lipinski definition) is 6. The lowest BCUT2D eigenvalue weighted by Gasteiger charge is -2.49. The number of aromatic nitrogens is 1. The number of nitrogens with one attached hydrogen (secondary N) is 2. The topological polar surface area (TPSA) is 156 Å². The fourth-order valence-corrected chi connectivity index (χ4v) is 7.79. The van der Waals surface area contributed by atoms with Crippen LogP contribution in [0, 0.1) is 11.8 Å². The first-order valence-corrected chi connectivity index (χ1v) is 16.0. The number of fused-ring (bicyclic) bond motifs is 5. The molecule has 2 aliphatic carbocycles. The molecule has 8 nitrogen and oxygen atoms in total. The Kier molecular flexibility index (Phi) is 10.1. The average Bonchev–Trinajstić information content (AvgIpc) is 3.51. The van der Waals surface area contributed by atoms with Crippen molar-refractivity contribution in [1.29, 1.82) is 0 Å². The highest BCUT2D eigenvalue weighted by Crippen LogP contribution is 2.56. The molecule has 0 aliphatic heterocycles. The van der Waals surface area contributed by atoms with E-state index >= 15 is 0 Å². The van der Waals surface area contributed by atoms with Crippen LogP contribution in [0.15, 0.2) is 71.4 Å². The van der Waals surface area contributed by atoms with Gasteiger partial charge in [0.2, 0.25) is 0 Å². The van der Waals surface area contributed by atoms with Gasteiger partial charge in [-0.15, -0.1) is 0 Å². The van der Waals surface area contributed by atoms with Crippen LogP contribution < -0.4 is 22.5 Å². The standard InChI is InChI=1S/C35H48N6O2/c1-2-3-10-26(36)11-6-12-27-30-19-24(29-17-22-8-4-5-9-23(22)18-31(27)29)14-15-28(30)34(41-32-13-7-16-39-32)25(20-33(42)43)21-40-35(37)38/h4-5,7-9,13,16-18,20,24,26-28,30,34,39,41H,2-3,6,10-12,14-15,19,21,36H2,1H3,(H,42,43)(H4,37,38,40)/b25-20+/t24-,26+,27-,28-,30+,34+/m1/s1. The minimum absolute atomic E-state index is 0.0469. The first kappa shape index (κ1) is 30.7. The molecule has 6 atom stereocenters. The number of hydrogen-bond acceptors (Lipinski definition) is 4. The molecule has 43 heavy (non-hydrogen) atoms. The Morgan fingerprint density at radius 1 is 1.09 bits per heavy atom. The third-order valence-electron chi connectivity index (χ3n) is 9.77. The number of carboxylic acids is 1. The van der Waals surface area contributed by atoms with Crippen LogP contribution in [0.4, 0.5) is 5.82 Å². The summed E-state index contributed by atoms with van der Waals surface area (Å²) in [5.41, 5.74) is 21.6. The number of benzene rings is 2. The van der Waals surface area contributed by atoms with E-state index in [1.54, 1.807) is 0 Å². The van der Waals surface area contributed by atoms with Gasteiger partial charge >= 0.3 is 5.97 Å². The normalized spacial score (nSPS) is 22.9. The molecule has 8 heteroatoms. The zero-order chi connectivity index (χ0) is 30.3. The molecule has 2 aliphatic rings. The van der Waals surface area contributed by atoms with E-state index in [-0.39, 0.29) is 30.5 Å². The van der Waals surface area contributed by atoms with Gasteiger partial charge in [-0.05, 0) is 102 Å². The van der Waals surface area contributed by atoms with Crippen LogP contribution in [-0.4, -0.2) is 40.6 Å². The summed E-state index contributed by atoms with van der Waals surface area (Å²) in [6.07, 6.45) is 12.9. The van der Waals surface area contributed by atoms with Crippen LogP contribution in [0.1, 0.15) is 87.7 Å². The lowest BCUT2D eigenvalue weighted by atomic mass is 9.57. The van der Waals surface area contributed by atoms with E-state index in [9.17, 15) is 9.90 Å². The van der Waals surface area contributed by atoms with E-state index in [1.807, 2.05) is 18.3 Å². The van der Waals surface area contributed by atoms with Crippen molar-refractivity contribution in [2.45, 2.75) is 88.6 Å². The molecule has 1 aromatic heterocycles. The van der Waals surface area contributed by atoms with Crippen molar-refractivity contribution < 1.29 is 9.90 Å². The van der Waals surface area contributed by atoms with E-state index < -0.39 is 5.97 Å². The number of aliphatic imine (C=N–C) groups is 1. The zero-order valence-corrected chi connectivity index (χ0v) is 25.3. The molecule has 0 spiro atoms. The number of carbonyl (C=O) groups is 1. The quantitative estimate of drug-likeness (QED) is 0.0751. The van der Waals surface area contributed by atoms with Crippen molar-refractivity contribution in [3.8, 4) is 0 Å². The second-order valence-corrected chi connectivity index (χ2v) is 12.6. The van der Waals surface area contributed by atoms with E-state index in [2.05, 4.69) is 58.6 Å². The number of aromatic amines is 1. The molecule has 1 fully saturated rings. The van der Waals surface area contributed by atoms with Crippen LogP contribution in [-0.2, 0) is 4.79 Å². The minimum atomic E-state index is -0.995. The summed E-state index contributed by atoms with van der Waals surface area (Å²) in [5, 5.41) is 16.1. The van der Waals surface area contributed by atoms with Crippen molar-refractivity contribution >= 4 is 28.5 Å². The van der Waals surface area contributed by atoms with Gasteiger partial charge in [-0.25, -0.2) is 9.79 Å². The van der Waals surface area contributed by atoms with Gasteiger partial charge < -0.3 is 32.6 Å². The molecule has 1 heterocycles. The van der Waals surface area contributed by atoms with Crippen molar-refractivity contribution in [2.24, 2.45) is 34.0 Å². The number of rotatable bonds is 14. The Morgan fingerprint density at radius 2 is 1.84 bits per heavy atom. The number of nitrogens with zero attached hydrogens (tertiary/aromatic N) is 1. The first-order valence-electron chi connectivity index (χ1n) is 16.0. The second-order valence-electron chi connectivity index (χ2n) is 12.6. The number of aliphatic carboxylic acids is 1. The molecule has 2 aromatic carbocycles. The van der Waals surface area contributed by atoms with Crippen molar-refractivity contribution in [3.05, 3.63) is 77.5 Å². The third-order valence-corrected chi connectivity index (χ3v) is 9.77. The molecule has 3 aromatic rings. The summed E-state index contributed by atoms with van der Waals surface area (Å²) >= 11 is 0. The molecule has 230 valence electrons. The summed E-state index contributed by atoms with van der Waals surface area (Å²) in [7, 11) is 0. The minimum Gasteiger partial charge on any atom is -0.478 e. The third kappa shape index (κ3) is 7.42. The largest absolute Gasteiger partial charge is 0.478 e. The summed E-state index contributed by atoms with van der Waals surface area (Å²) in [6.45, 7) is 2.35. The number of H-pyrrole nitrogens is 1. The molecule has 9 N–H and O–H groups in total. The highest BCUT2D eigenvalue weighted by atomic mass is 16.4. The van der Waals surface area contributed by atoms with E-state index in [0.29, 0.717) is 23.3 Å². The highest BCUT2D eigenvalue weighted by molar-refractivity contribution is 5.85. The summed E-state index contributed by atoms with van der Waals surface area (Å²) < 4.78 is 0. The molecule has 0 radical (unpaired) electrons. The Hall–Kier alpha value is -3.78. The fraction of sp³-hybridized carbons (Fsp3) is 0.486. The van der Waals surface area contributed by atoms with Crippen molar-refractivity contribution in [2.75, 3.05) is 11.9 Å². The number of carboxylic acid groups (broad SMARTS) is 1. The average molecular weight is 585 g/mol. The van der Waals surface area contributed by atoms with Gasteiger partial charge in [-0.1, -0.05) is 62.6 Å². The van der Waals surface area contributed by atoms with E-state index in [1.165, 1.54) is 40.8 Å². The Morgan fingerprint density at radius 3 is 2.51 bits per heavy atom. The SMILES string of the molecule is CCCC[C@H](N)CCC[C@H]1c2cc3ccccc3cc2[C@@H]2CC[C@@H]([C@@H](Nc3ccc[nH]3)/C(=C/C(=O)O)CN=C(N)N)[C@H]1C2. The number of anilines is 1. The lowest BCUT2D eigenvalue weighted by molar-refractivity contribution is -0.131. The van der Waals surface area contributed by atoms with Crippen LogP contribution in [0.3, 0.4) is 0 Å². The Balaban J connectivity index is 1.53. The highest BCUT2D eigenvalue weighted by Gasteiger charge is 2.45. The van der Waals surface area contributed by atoms with E-state index in [4.69, 9.17) is 17.2 Å². The fourth-order valence-electron chi connectivity index (χ4n) is 7.79. The Labute approximate surface area is 255 Å². The molecule has 1 saturated carbocycles. The molecule has 0 unspecified atom stereocenters. The van der Waals surface area contributed by atoms with E-state index in [0.717, 1.165) is 50.8 Å². The van der Waals surface area contributed by atoms with Gasteiger partial charge in [0.1, 0.15) is 5.82 Å². The summed E-state index contributed by atoms with van der Waals surface area (Å²) in [5.74, 6) is 1.26. The van der Waals surface area contributed by atoms with Crippen LogP contribution >= 0.6 is 0 Å². The van der Waals surface area contributed by atoms with Gasteiger partial charge in [-0.2, -0.15) is 0 Å². The smallest absolute Gasteiger partial charge is 0.328 e. The zero-order valence-electron chi connectivity index (χ0n) is 25.3. The van der Waals surface area contributed by atoms with Crippen molar-refractivity contribution in [3.63, 3.8) is 0 Å². The predicted molar refractivity (Wildman–Crippen MR) is 176 cm³/mol. The number of unbranched alkanes of at least 4 members (excludes halogenated alkanes) is 1. The number of guanidine groups is 1. The van der Waals surface area contributed by atoms with Gasteiger partial charge in [0, 0.05) is 18.3 Å². The summed E-state index contributed by atoms with van der Waals surface area (Å²) in [4.78, 5) is 19.6. The van der Waals surface area contributed by atoms with Gasteiger partial charge in [-0.3, -0.25) is 0 Å². The first-order chi connectivity index (χ1) is 20.8. The number of nitrogens with two attached hydrogens (primary N) is 3. The van der Waals surface area contributed by atoms with Gasteiger partial charge in [0.05, 0.1) is 12.6 Å². The molecule has 5 rings (SSSR count). The van der Waals surface area contributed by atoms with Gasteiger partial charge in [0.15, 0.2) is 5.96 Å². The molecule has 0 saturated heterocycles. The maximum absolute atomic E-state index is 12.1. The summed E-state index contributed by atoms with van der Waals surface area (Å²) in [6, 6.07) is 17.5.